The Morgan fingerprint density at radius 1 is 1.45 bits per heavy atom. The van der Waals surface area contributed by atoms with E-state index < -0.39 is 0 Å². The predicted molar refractivity (Wildman–Crippen MR) is 79.4 cm³/mol. The van der Waals surface area contributed by atoms with Gasteiger partial charge in [0.15, 0.2) is 11.5 Å². The molecule has 0 amide bonds. The summed E-state index contributed by atoms with van der Waals surface area (Å²) in [5.74, 6) is 0.730. The van der Waals surface area contributed by atoms with Crippen molar-refractivity contribution in [3.8, 4) is 0 Å². The van der Waals surface area contributed by atoms with E-state index in [0.29, 0.717) is 5.65 Å². The van der Waals surface area contributed by atoms with Crippen LogP contribution in [0.25, 0.3) is 11.0 Å². The van der Waals surface area contributed by atoms with Gasteiger partial charge in [-0.3, -0.25) is 0 Å². The minimum absolute atomic E-state index is 0.198. The van der Waals surface area contributed by atoms with Crippen LogP contribution in [0.1, 0.15) is 13.8 Å². The number of aromatic nitrogens is 4. The number of halogens is 1. The molecule has 0 aromatic carbocycles. The van der Waals surface area contributed by atoms with Crippen molar-refractivity contribution in [3.63, 3.8) is 0 Å². The van der Waals surface area contributed by atoms with Gasteiger partial charge in [-0.15, -0.1) is 0 Å². The lowest BCUT2D eigenvalue weighted by atomic mass is 10.1. The summed E-state index contributed by atoms with van der Waals surface area (Å²) >= 11 is 5.82. The fourth-order valence-corrected chi connectivity index (χ4v) is 2.28. The smallest absolute Gasteiger partial charge is 0.224 e. The minimum atomic E-state index is 0.198. The van der Waals surface area contributed by atoms with Gasteiger partial charge in [-0.05, 0) is 43.3 Å². The van der Waals surface area contributed by atoms with E-state index in [-0.39, 0.29) is 11.3 Å². The number of hydrogen-bond donors (Lipinski definition) is 2. The summed E-state index contributed by atoms with van der Waals surface area (Å²) in [5, 5.41) is 12.1. The summed E-state index contributed by atoms with van der Waals surface area (Å²) in [6, 6.07) is 0.198. The van der Waals surface area contributed by atoms with Gasteiger partial charge in [-0.1, -0.05) is 0 Å². The van der Waals surface area contributed by atoms with E-state index in [2.05, 4.69) is 38.7 Å². The highest BCUT2D eigenvalue weighted by atomic mass is 35.5. The molecule has 2 N–H and O–H groups in total. The van der Waals surface area contributed by atoms with Gasteiger partial charge in [0.2, 0.25) is 5.28 Å². The maximum Gasteiger partial charge on any atom is 0.224 e. The van der Waals surface area contributed by atoms with E-state index in [1.165, 1.54) is 0 Å². The van der Waals surface area contributed by atoms with Crippen molar-refractivity contribution in [2.75, 3.05) is 5.32 Å². The summed E-state index contributed by atoms with van der Waals surface area (Å²) in [6.45, 7) is 4.13. The van der Waals surface area contributed by atoms with Gasteiger partial charge in [0.25, 0.3) is 0 Å². The maximum absolute atomic E-state index is 5.82. The molecule has 1 atom stereocenters. The molecule has 1 unspecified atom stereocenters. The van der Waals surface area contributed by atoms with Crippen LogP contribution < -0.4 is 10.6 Å². The third-order valence-corrected chi connectivity index (χ3v) is 3.41. The molecule has 3 heterocycles. The van der Waals surface area contributed by atoms with Gasteiger partial charge < -0.3 is 10.6 Å². The first kappa shape index (κ1) is 12.9. The fraction of sp³-hybridized carbons (Fsp3) is 0.308. The topological polar surface area (TPSA) is 67.7 Å². The van der Waals surface area contributed by atoms with Crippen LogP contribution in [0.4, 0.5) is 5.82 Å². The number of anilines is 1. The van der Waals surface area contributed by atoms with Crippen LogP contribution >= 0.6 is 11.6 Å². The Labute approximate surface area is 121 Å². The van der Waals surface area contributed by atoms with Gasteiger partial charge >= 0.3 is 0 Å². The molecule has 1 aliphatic rings. The third-order valence-electron chi connectivity index (χ3n) is 3.22. The van der Waals surface area contributed by atoms with Crippen molar-refractivity contribution in [2.45, 2.75) is 19.9 Å². The Kier molecular flexibility index (Phi) is 3.10. The zero-order valence-electron chi connectivity index (χ0n) is 11.5. The summed E-state index contributed by atoms with van der Waals surface area (Å²) in [6.07, 6.45) is 5.78. The van der Waals surface area contributed by atoms with Gasteiger partial charge in [0.1, 0.15) is 0 Å². The lowest BCUT2D eigenvalue weighted by Crippen LogP contribution is -2.29. The Hall–Kier alpha value is -2.08. The molecule has 2 aromatic heterocycles. The molecular weight excluding hydrogens is 276 g/mol. The van der Waals surface area contributed by atoms with E-state index >= 15 is 0 Å². The van der Waals surface area contributed by atoms with Crippen molar-refractivity contribution >= 4 is 28.5 Å². The van der Waals surface area contributed by atoms with Crippen LogP contribution in [0.15, 0.2) is 29.7 Å². The first-order valence-corrected chi connectivity index (χ1v) is 6.69. The second kappa shape index (κ2) is 4.79. The first-order valence-electron chi connectivity index (χ1n) is 6.31. The Balaban J connectivity index is 2.01. The number of nitrogens with zero attached hydrogens (tertiary/aromatic N) is 4. The van der Waals surface area contributed by atoms with Crippen LogP contribution in [-0.2, 0) is 7.05 Å². The number of dihydropyridines is 1. The highest BCUT2D eigenvalue weighted by molar-refractivity contribution is 6.28. The molecule has 0 aliphatic carbocycles. The van der Waals surface area contributed by atoms with Crippen LogP contribution in [0.5, 0.6) is 0 Å². The Morgan fingerprint density at radius 3 is 3.05 bits per heavy atom. The van der Waals surface area contributed by atoms with E-state index in [1.54, 1.807) is 10.9 Å². The Morgan fingerprint density at radius 2 is 2.25 bits per heavy atom. The van der Waals surface area contributed by atoms with Gasteiger partial charge in [-0.2, -0.15) is 10.1 Å². The molecular formula is C13H15ClN6. The van der Waals surface area contributed by atoms with Crippen molar-refractivity contribution in [1.82, 2.24) is 25.1 Å². The molecule has 6 nitrogen and oxygen atoms in total. The molecule has 2 aromatic rings. The maximum atomic E-state index is 5.82. The van der Waals surface area contributed by atoms with Crippen molar-refractivity contribution < 1.29 is 0 Å². The van der Waals surface area contributed by atoms with Gasteiger partial charge in [-0.25, -0.2) is 9.67 Å². The lowest BCUT2D eigenvalue weighted by Gasteiger charge is -2.21. The van der Waals surface area contributed by atoms with Crippen LogP contribution in [0, 0.1) is 0 Å². The fourth-order valence-electron chi connectivity index (χ4n) is 2.15. The van der Waals surface area contributed by atoms with Crippen molar-refractivity contribution in [2.24, 2.45) is 7.05 Å². The molecule has 0 saturated carbocycles. The third kappa shape index (κ3) is 2.22. The quantitative estimate of drug-likeness (QED) is 0.830. The van der Waals surface area contributed by atoms with Gasteiger partial charge in [0.05, 0.1) is 11.4 Å². The van der Waals surface area contributed by atoms with E-state index in [1.807, 2.05) is 20.2 Å². The largest absolute Gasteiger partial charge is 0.383 e. The van der Waals surface area contributed by atoms with Gasteiger partial charge in [0, 0.05) is 18.9 Å². The molecule has 20 heavy (non-hydrogen) atoms. The number of fused-ring (bicyclic) bond motifs is 1. The highest BCUT2D eigenvalue weighted by Crippen LogP contribution is 2.24. The standard InChI is InChI=1S/C13H15ClN6/c1-7-4-10(8(2)15-5-7)17-11-9-6-16-13(14)18-12(9)20(3)19-11/h4-6,8,15H,1-3H3,(H,17,19). The second-order valence-corrected chi connectivity index (χ2v) is 5.19. The number of hydrogen-bond acceptors (Lipinski definition) is 5. The molecule has 0 fully saturated rings. The molecule has 0 bridgehead atoms. The number of rotatable bonds is 2. The van der Waals surface area contributed by atoms with Crippen LogP contribution in [-0.4, -0.2) is 25.8 Å². The van der Waals surface area contributed by atoms with Crippen molar-refractivity contribution in [1.29, 1.82) is 0 Å². The lowest BCUT2D eigenvalue weighted by molar-refractivity contribution is 0.711. The monoisotopic (exact) mass is 290 g/mol. The summed E-state index contributed by atoms with van der Waals surface area (Å²) in [7, 11) is 1.83. The normalized spacial score (nSPS) is 18.5. The van der Waals surface area contributed by atoms with Crippen LogP contribution in [0.3, 0.4) is 0 Å². The molecule has 0 saturated heterocycles. The SMILES string of the molecule is CC1=CNC(C)C(Nc2nn(C)c3nc(Cl)ncc23)=C1. The highest BCUT2D eigenvalue weighted by Gasteiger charge is 2.16. The van der Waals surface area contributed by atoms with Crippen LogP contribution in [0.2, 0.25) is 5.28 Å². The summed E-state index contributed by atoms with van der Waals surface area (Å²) in [5.41, 5.74) is 2.92. The van der Waals surface area contributed by atoms with E-state index in [0.717, 1.165) is 22.5 Å². The molecule has 0 spiro atoms. The molecule has 104 valence electrons. The predicted octanol–water partition coefficient (Wildman–Crippen LogP) is 2.21. The zero-order chi connectivity index (χ0) is 14.3. The molecule has 7 heteroatoms. The first-order chi connectivity index (χ1) is 9.54. The molecule has 3 rings (SSSR count). The zero-order valence-corrected chi connectivity index (χ0v) is 12.2. The Bertz CT molecular complexity index is 730. The van der Waals surface area contributed by atoms with E-state index in [4.69, 9.17) is 11.6 Å². The molecule has 1 aliphatic heterocycles. The van der Waals surface area contributed by atoms with E-state index in [9.17, 15) is 0 Å². The average Bonchev–Trinajstić information content (AvgIpc) is 2.70. The summed E-state index contributed by atoms with van der Waals surface area (Å²) in [4.78, 5) is 8.21. The minimum Gasteiger partial charge on any atom is -0.383 e. The number of aryl methyl sites for hydroxylation is 1. The summed E-state index contributed by atoms with van der Waals surface area (Å²) < 4.78 is 1.69. The second-order valence-electron chi connectivity index (χ2n) is 4.85. The molecule has 0 radical (unpaired) electrons. The van der Waals surface area contributed by atoms with Crippen molar-refractivity contribution in [3.05, 3.63) is 35.0 Å². The number of allylic oxidation sites excluding steroid dienone is 2. The average molecular weight is 291 g/mol. The number of nitrogens with one attached hydrogen (secondary N) is 2.